The number of methoxy groups -OCH3 is 1. The number of anilines is 1. The SMILES string of the molecule is CCCNC(=O)[C@@H]1[C@H]2C(=O)N([C@@H](CC)CO)C(C(=O)Nc3ccc(OC)cc3)C23S[C@@H]1CC3C. The summed E-state index contributed by atoms with van der Waals surface area (Å²) in [5, 5.41) is 16.1. The van der Waals surface area contributed by atoms with E-state index in [-0.39, 0.29) is 35.5 Å². The Hall–Kier alpha value is -2.26. The van der Waals surface area contributed by atoms with E-state index in [9.17, 15) is 19.5 Å². The summed E-state index contributed by atoms with van der Waals surface area (Å²) in [5.74, 6) is -0.830. The van der Waals surface area contributed by atoms with E-state index >= 15 is 0 Å². The zero-order chi connectivity index (χ0) is 24.6. The van der Waals surface area contributed by atoms with Crippen molar-refractivity contribution in [3.05, 3.63) is 24.3 Å². The van der Waals surface area contributed by atoms with Crippen molar-refractivity contribution in [1.29, 1.82) is 0 Å². The molecule has 3 aliphatic heterocycles. The van der Waals surface area contributed by atoms with E-state index in [4.69, 9.17) is 4.74 Å². The average molecular weight is 490 g/mol. The van der Waals surface area contributed by atoms with E-state index < -0.39 is 28.7 Å². The Labute approximate surface area is 205 Å². The van der Waals surface area contributed by atoms with Gasteiger partial charge < -0.3 is 25.4 Å². The fraction of sp³-hybridized carbons (Fsp3) is 0.640. The van der Waals surface area contributed by atoms with E-state index in [2.05, 4.69) is 17.6 Å². The van der Waals surface area contributed by atoms with Crippen molar-refractivity contribution in [2.45, 2.75) is 62.1 Å². The molecule has 3 fully saturated rings. The molecule has 9 heteroatoms. The van der Waals surface area contributed by atoms with Crippen LogP contribution in [0.15, 0.2) is 24.3 Å². The van der Waals surface area contributed by atoms with E-state index in [1.54, 1.807) is 48.0 Å². The van der Waals surface area contributed by atoms with Crippen LogP contribution < -0.4 is 15.4 Å². The molecule has 3 aliphatic rings. The highest BCUT2D eigenvalue weighted by Crippen LogP contribution is 2.68. The number of amides is 3. The van der Waals surface area contributed by atoms with Crippen LogP contribution in [0.5, 0.6) is 5.75 Å². The number of hydrogen-bond acceptors (Lipinski definition) is 6. The van der Waals surface area contributed by atoms with Gasteiger partial charge in [0.1, 0.15) is 11.8 Å². The Morgan fingerprint density at radius 3 is 2.56 bits per heavy atom. The van der Waals surface area contributed by atoms with E-state index in [0.717, 1.165) is 12.8 Å². The predicted molar refractivity (Wildman–Crippen MR) is 132 cm³/mol. The van der Waals surface area contributed by atoms with Gasteiger partial charge in [-0.05, 0) is 49.4 Å². The van der Waals surface area contributed by atoms with Gasteiger partial charge in [-0.2, -0.15) is 0 Å². The number of likely N-dealkylation sites (tertiary alicyclic amines) is 1. The van der Waals surface area contributed by atoms with Crippen LogP contribution in [0.3, 0.4) is 0 Å². The second-order valence-electron chi connectivity index (χ2n) is 9.55. The minimum absolute atomic E-state index is 0.00782. The summed E-state index contributed by atoms with van der Waals surface area (Å²) >= 11 is 1.64. The van der Waals surface area contributed by atoms with Gasteiger partial charge in [-0.15, -0.1) is 11.8 Å². The number of carbonyl (C=O) groups excluding carboxylic acids is 3. The van der Waals surface area contributed by atoms with Gasteiger partial charge in [-0.25, -0.2) is 0 Å². The predicted octanol–water partition coefficient (Wildman–Crippen LogP) is 2.27. The molecule has 8 nitrogen and oxygen atoms in total. The van der Waals surface area contributed by atoms with Gasteiger partial charge in [-0.3, -0.25) is 14.4 Å². The quantitative estimate of drug-likeness (QED) is 0.491. The molecule has 7 atom stereocenters. The standard InChI is InChI=1S/C25H35N3O5S/c1-5-11-26-22(30)19-18-12-14(3)25(34-18)20(19)24(32)28(16(6-2)13-29)21(25)23(31)27-15-7-9-17(33-4)10-8-15/h7-10,14,16,18-21,29H,5-6,11-13H2,1-4H3,(H,26,30)(H,27,31)/t14?,16-,18+,19-,20-,21?,25?/m0/s1. The van der Waals surface area contributed by atoms with Crippen LogP contribution >= 0.6 is 11.8 Å². The number of rotatable bonds is 9. The molecule has 3 saturated heterocycles. The first-order valence-electron chi connectivity index (χ1n) is 12.2. The lowest BCUT2D eigenvalue weighted by molar-refractivity contribution is -0.142. The van der Waals surface area contributed by atoms with Gasteiger partial charge in [0, 0.05) is 17.5 Å². The van der Waals surface area contributed by atoms with Crippen LogP contribution in [0.1, 0.15) is 40.0 Å². The third-order valence-electron chi connectivity index (χ3n) is 7.72. The Morgan fingerprint density at radius 2 is 1.97 bits per heavy atom. The lowest BCUT2D eigenvalue weighted by Gasteiger charge is -2.40. The molecule has 3 unspecified atom stereocenters. The summed E-state index contributed by atoms with van der Waals surface area (Å²) in [7, 11) is 1.58. The summed E-state index contributed by atoms with van der Waals surface area (Å²) < 4.78 is 4.50. The highest BCUT2D eigenvalue weighted by Gasteiger charge is 2.76. The number of thioether (sulfide) groups is 1. The number of aliphatic hydroxyl groups is 1. The van der Waals surface area contributed by atoms with E-state index in [1.807, 2.05) is 13.8 Å². The molecule has 4 rings (SSSR count). The third-order valence-corrected chi connectivity index (χ3v) is 9.79. The van der Waals surface area contributed by atoms with Crippen LogP contribution in [-0.2, 0) is 14.4 Å². The first-order chi connectivity index (χ1) is 16.3. The molecule has 1 aromatic carbocycles. The van der Waals surface area contributed by atoms with Gasteiger partial charge in [0.15, 0.2) is 0 Å². The summed E-state index contributed by atoms with van der Waals surface area (Å²) in [4.78, 5) is 42.6. The van der Waals surface area contributed by atoms with Crippen molar-refractivity contribution in [2.75, 3.05) is 25.6 Å². The zero-order valence-corrected chi connectivity index (χ0v) is 21.1. The average Bonchev–Trinajstić information content (AvgIpc) is 3.43. The van der Waals surface area contributed by atoms with Gasteiger partial charge in [0.2, 0.25) is 17.7 Å². The molecule has 0 saturated carbocycles. The second-order valence-corrected chi connectivity index (χ2v) is 11.1. The number of ether oxygens (including phenoxy) is 1. The number of nitrogens with zero attached hydrogens (tertiary/aromatic N) is 1. The Balaban J connectivity index is 1.72. The van der Waals surface area contributed by atoms with Crippen molar-refractivity contribution >= 4 is 35.2 Å². The molecule has 2 bridgehead atoms. The summed E-state index contributed by atoms with van der Waals surface area (Å²) in [6.45, 7) is 6.32. The van der Waals surface area contributed by atoms with E-state index in [0.29, 0.717) is 24.4 Å². The molecular weight excluding hydrogens is 454 g/mol. The maximum Gasteiger partial charge on any atom is 0.248 e. The van der Waals surface area contributed by atoms with Gasteiger partial charge in [0.25, 0.3) is 0 Å². The van der Waals surface area contributed by atoms with Crippen molar-refractivity contribution in [2.24, 2.45) is 17.8 Å². The molecule has 3 amide bonds. The zero-order valence-electron chi connectivity index (χ0n) is 20.2. The topological polar surface area (TPSA) is 108 Å². The highest BCUT2D eigenvalue weighted by atomic mass is 32.2. The van der Waals surface area contributed by atoms with Gasteiger partial charge in [0.05, 0.1) is 36.3 Å². The fourth-order valence-electron chi connectivity index (χ4n) is 6.12. The third kappa shape index (κ3) is 3.77. The van der Waals surface area contributed by atoms with Gasteiger partial charge >= 0.3 is 0 Å². The molecule has 0 aliphatic carbocycles. The van der Waals surface area contributed by atoms with Gasteiger partial charge in [-0.1, -0.05) is 20.8 Å². The molecule has 0 radical (unpaired) electrons. The number of fused-ring (bicyclic) bond motifs is 1. The molecule has 34 heavy (non-hydrogen) atoms. The molecule has 3 N–H and O–H groups in total. The van der Waals surface area contributed by atoms with Crippen molar-refractivity contribution < 1.29 is 24.2 Å². The van der Waals surface area contributed by atoms with Crippen LogP contribution in [0.4, 0.5) is 5.69 Å². The summed E-state index contributed by atoms with van der Waals surface area (Å²) in [5.41, 5.74) is 0.609. The van der Waals surface area contributed by atoms with Crippen molar-refractivity contribution in [1.82, 2.24) is 10.2 Å². The minimum atomic E-state index is -0.766. The highest BCUT2D eigenvalue weighted by molar-refractivity contribution is 8.02. The number of benzene rings is 1. The van der Waals surface area contributed by atoms with Crippen molar-refractivity contribution in [3.8, 4) is 5.75 Å². The summed E-state index contributed by atoms with van der Waals surface area (Å²) in [6, 6.07) is 5.82. The number of hydrogen-bond donors (Lipinski definition) is 3. The van der Waals surface area contributed by atoms with Crippen molar-refractivity contribution in [3.63, 3.8) is 0 Å². The lowest BCUT2D eigenvalue weighted by atomic mass is 9.66. The fourth-order valence-corrected chi connectivity index (χ4v) is 8.53. The molecule has 1 spiro atoms. The largest absolute Gasteiger partial charge is 0.497 e. The Kier molecular flexibility index (Phi) is 7.14. The lowest BCUT2D eigenvalue weighted by Crippen LogP contribution is -2.57. The van der Waals surface area contributed by atoms with Crippen LogP contribution in [0.25, 0.3) is 0 Å². The first-order valence-corrected chi connectivity index (χ1v) is 13.0. The number of nitrogens with one attached hydrogen (secondary N) is 2. The smallest absolute Gasteiger partial charge is 0.248 e. The Morgan fingerprint density at radius 1 is 1.26 bits per heavy atom. The van der Waals surface area contributed by atoms with Crippen LogP contribution in [0, 0.1) is 17.8 Å². The minimum Gasteiger partial charge on any atom is -0.497 e. The molecule has 3 heterocycles. The van der Waals surface area contributed by atoms with Crippen LogP contribution in [-0.4, -0.2) is 70.1 Å². The van der Waals surface area contributed by atoms with E-state index in [1.165, 1.54) is 0 Å². The maximum atomic E-state index is 13.9. The number of carbonyl (C=O) groups is 3. The molecule has 186 valence electrons. The normalized spacial score (nSPS) is 32.4. The Bertz CT molecular complexity index is 937. The maximum absolute atomic E-state index is 13.9. The monoisotopic (exact) mass is 489 g/mol. The molecular formula is C25H35N3O5S. The van der Waals surface area contributed by atoms with Crippen LogP contribution in [0.2, 0.25) is 0 Å². The first kappa shape index (κ1) is 24.9. The molecule has 0 aromatic heterocycles. The molecule has 1 aromatic rings. The second kappa shape index (κ2) is 9.77. The summed E-state index contributed by atoms with van der Waals surface area (Å²) in [6.07, 6.45) is 2.12. The number of aliphatic hydroxyl groups excluding tert-OH is 1.